The monoisotopic (exact) mass is 430 g/mol. The molecule has 4 rings (SSSR count). The molecule has 1 aliphatic rings. The van der Waals surface area contributed by atoms with Gasteiger partial charge in [0.05, 0.1) is 12.3 Å². The molecule has 2 amide bonds. The molecule has 4 nitrogen and oxygen atoms in total. The molecular weight excluding hydrogens is 403 g/mol. The molecule has 0 aromatic heterocycles. The number of carbonyl (C=O) groups excluding carboxylic acids is 2. The molecule has 3 aromatic rings. The fraction of sp³-hybridized carbons (Fsp3) is 0.259. The molecule has 1 heterocycles. The van der Waals surface area contributed by atoms with Crippen molar-refractivity contribution in [1.82, 2.24) is 10.2 Å². The summed E-state index contributed by atoms with van der Waals surface area (Å²) in [4.78, 5) is 27.7. The number of benzene rings is 3. The van der Waals surface area contributed by atoms with Gasteiger partial charge >= 0.3 is 0 Å². The second kappa shape index (κ2) is 10.2. The molecule has 1 saturated heterocycles. The number of hydrogen-bond acceptors (Lipinski definition) is 2. The minimum atomic E-state index is -0.365. The van der Waals surface area contributed by atoms with E-state index in [-0.39, 0.29) is 36.0 Å². The van der Waals surface area contributed by atoms with Gasteiger partial charge in [0.1, 0.15) is 5.82 Å². The van der Waals surface area contributed by atoms with E-state index >= 15 is 0 Å². The molecule has 1 N–H and O–H groups in total. The molecular formula is C27H27FN2O2. The molecule has 0 aliphatic carbocycles. The second-order valence-corrected chi connectivity index (χ2v) is 8.22. The van der Waals surface area contributed by atoms with Gasteiger partial charge in [-0.05, 0) is 41.7 Å². The summed E-state index contributed by atoms with van der Waals surface area (Å²) < 4.78 is 13.1. The maximum Gasteiger partial charge on any atom is 0.232 e. The molecule has 0 spiro atoms. The van der Waals surface area contributed by atoms with Crippen molar-refractivity contribution in [3.05, 3.63) is 107 Å². The van der Waals surface area contributed by atoms with E-state index in [0.29, 0.717) is 13.1 Å². The third kappa shape index (κ3) is 5.41. The second-order valence-electron chi connectivity index (χ2n) is 8.22. The van der Waals surface area contributed by atoms with Gasteiger partial charge in [-0.2, -0.15) is 0 Å². The summed E-state index contributed by atoms with van der Waals surface area (Å²) >= 11 is 0. The van der Waals surface area contributed by atoms with E-state index < -0.39 is 0 Å². The molecule has 1 fully saturated rings. The quantitative estimate of drug-likeness (QED) is 0.634. The Bertz CT molecular complexity index is 991. The molecule has 0 saturated carbocycles. The molecule has 3 aromatic carbocycles. The van der Waals surface area contributed by atoms with Gasteiger partial charge in [0.15, 0.2) is 0 Å². The van der Waals surface area contributed by atoms with Crippen molar-refractivity contribution in [3.8, 4) is 0 Å². The van der Waals surface area contributed by atoms with Crippen molar-refractivity contribution in [3.63, 3.8) is 0 Å². The van der Waals surface area contributed by atoms with Gasteiger partial charge in [-0.25, -0.2) is 4.39 Å². The first-order valence-electron chi connectivity index (χ1n) is 11.0. The van der Waals surface area contributed by atoms with Crippen molar-refractivity contribution >= 4 is 11.8 Å². The fourth-order valence-corrected chi connectivity index (χ4v) is 4.23. The van der Waals surface area contributed by atoms with E-state index in [9.17, 15) is 14.0 Å². The van der Waals surface area contributed by atoms with Gasteiger partial charge in [0.25, 0.3) is 0 Å². The number of carbonyl (C=O) groups is 2. The van der Waals surface area contributed by atoms with Crippen LogP contribution in [0.25, 0.3) is 0 Å². The topological polar surface area (TPSA) is 49.4 Å². The Labute approximate surface area is 188 Å². The van der Waals surface area contributed by atoms with Gasteiger partial charge in [0.2, 0.25) is 11.8 Å². The first-order valence-corrected chi connectivity index (χ1v) is 11.0. The zero-order chi connectivity index (χ0) is 22.3. The van der Waals surface area contributed by atoms with Gasteiger partial charge in [-0.3, -0.25) is 9.59 Å². The summed E-state index contributed by atoms with van der Waals surface area (Å²) in [6.45, 7) is 1.21. The molecule has 0 atom stereocenters. The minimum Gasteiger partial charge on any atom is -0.352 e. The van der Waals surface area contributed by atoms with Crippen molar-refractivity contribution in [2.45, 2.75) is 31.2 Å². The average Bonchev–Trinajstić information content (AvgIpc) is 2.82. The number of nitrogens with zero attached hydrogens (tertiary/aromatic N) is 1. The Kier molecular flexibility index (Phi) is 6.95. The number of piperidine rings is 1. The van der Waals surface area contributed by atoms with E-state index in [1.54, 1.807) is 12.1 Å². The van der Waals surface area contributed by atoms with Gasteiger partial charge < -0.3 is 10.2 Å². The van der Waals surface area contributed by atoms with Gasteiger partial charge in [-0.1, -0.05) is 72.8 Å². The summed E-state index contributed by atoms with van der Waals surface area (Å²) in [5.41, 5.74) is 2.73. The molecule has 32 heavy (non-hydrogen) atoms. The van der Waals surface area contributed by atoms with Gasteiger partial charge in [-0.15, -0.1) is 0 Å². The van der Waals surface area contributed by atoms with Crippen LogP contribution in [0, 0.1) is 5.82 Å². The van der Waals surface area contributed by atoms with Crippen LogP contribution in [0.4, 0.5) is 4.39 Å². The van der Waals surface area contributed by atoms with Crippen LogP contribution in [0.2, 0.25) is 0 Å². The number of likely N-dealkylation sites (tertiary alicyclic amines) is 1. The first-order chi connectivity index (χ1) is 15.6. The highest BCUT2D eigenvalue weighted by atomic mass is 19.1. The van der Waals surface area contributed by atoms with Crippen LogP contribution in [-0.2, 0) is 16.0 Å². The molecule has 0 bridgehead atoms. The zero-order valence-corrected chi connectivity index (χ0v) is 17.9. The number of hydrogen-bond donors (Lipinski definition) is 1. The van der Waals surface area contributed by atoms with E-state index in [1.165, 1.54) is 12.1 Å². The van der Waals surface area contributed by atoms with Crippen LogP contribution >= 0.6 is 0 Å². The molecule has 5 heteroatoms. The predicted octanol–water partition coefficient (Wildman–Crippen LogP) is 4.31. The molecule has 0 radical (unpaired) electrons. The van der Waals surface area contributed by atoms with Crippen LogP contribution in [0.3, 0.4) is 0 Å². The fourth-order valence-electron chi connectivity index (χ4n) is 4.23. The van der Waals surface area contributed by atoms with Crippen molar-refractivity contribution in [2.75, 3.05) is 13.1 Å². The molecule has 1 aliphatic heterocycles. The van der Waals surface area contributed by atoms with Crippen LogP contribution < -0.4 is 5.32 Å². The summed E-state index contributed by atoms with van der Waals surface area (Å²) in [6, 6.07) is 25.7. The van der Waals surface area contributed by atoms with Crippen molar-refractivity contribution < 1.29 is 14.0 Å². The summed E-state index contributed by atoms with van der Waals surface area (Å²) in [5.74, 6) is -0.649. The van der Waals surface area contributed by atoms with Crippen molar-refractivity contribution in [1.29, 1.82) is 0 Å². The van der Waals surface area contributed by atoms with E-state index in [2.05, 4.69) is 5.32 Å². The van der Waals surface area contributed by atoms with E-state index in [0.717, 1.165) is 29.5 Å². The maximum absolute atomic E-state index is 13.3. The Morgan fingerprint density at radius 2 is 1.38 bits per heavy atom. The lowest BCUT2D eigenvalue weighted by molar-refractivity contribution is -0.131. The number of halogens is 1. The van der Waals surface area contributed by atoms with E-state index in [1.807, 2.05) is 65.6 Å². The molecule has 164 valence electrons. The summed E-state index contributed by atoms with van der Waals surface area (Å²) in [7, 11) is 0. The summed E-state index contributed by atoms with van der Waals surface area (Å²) in [6.07, 6.45) is 1.70. The first kappa shape index (κ1) is 21.8. The largest absolute Gasteiger partial charge is 0.352 e. The Morgan fingerprint density at radius 1 is 0.844 bits per heavy atom. The lowest BCUT2D eigenvalue weighted by Gasteiger charge is -2.33. The Morgan fingerprint density at radius 3 is 1.91 bits per heavy atom. The van der Waals surface area contributed by atoms with Crippen LogP contribution in [0.5, 0.6) is 0 Å². The average molecular weight is 431 g/mol. The highest BCUT2D eigenvalue weighted by Crippen LogP contribution is 2.25. The lowest BCUT2D eigenvalue weighted by atomic mass is 9.90. The predicted molar refractivity (Wildman–Crippen MR) is 123 cm³/mol. The smallest absolute Gasteiger partial charge is 0.232 e. The highest BCUT2D eigenvalue weighted by molar-refractivity contribution is 5.87. The maximum atomic E-state index is 13.3. The number of nitrogens with one attached hydrogen (secondary N) is 1. The zero-order valence-electron chi connectivity index (χ0n) is 17.9. The number of rotatable bonds is 6. The normalized spacial score (nSPS) is 14.4. The van der Waals surface area contributed by atoms with Crippen LogP contribution in [0.1, 0.15) is 35.4 Å². The highest BCUT2D eigenvalue weighted by Gasteiger charge is 2.28. The van der Waals surface area contributed by atoms with Gasteiger partial charge in [0, 0.05) is 19.1 Å². The molecule has 0 unspecified atom stereocenters. The Balaban J connectivity index is 1.35. The van der Waals surface area contributed by atoms with E-state index in [4.69, 9.17) is 0 Å². The van der Waals surface area contributed by atoms with Crippen LogP contribution in [-0.4, -0.2) is 35.8 Å². The SMILES string of the molecule is O=C(NC1CCN(C(=O)Cc2ccc(F)cc2)CC1)C(c1ccccc1)c1ccccc1. The standard InChI is InChI=1S/C27H27FN2O2/c28-23-13-11-20(12-14-23)19-25(31)30-17-15-24(16-18-30)29-27(32)26(21-7-3-1-4-8-21)22-9-5-2-6-10-22/h1-14,24,26H,15-19H2,(H,29,32). The summed E-state index contributed by atoms with van der Waals surface area (Å²) in [5, 5.41) is 3.21. The Hall–Kier alpha value is -3.47. The van der Waals surface area contributed by atoms with Crippen molar-refractivity contribution in [2.24, 2.45) is 0 Å². The third-order valence-electron chi connectivity index (χ3n) is 5.99. The van der Waals surface area contributed by atoms with Crippen LogP contribution in [0.15, 0.2) is 84.9 Å². The minimum absolute atomic E-state index is 0.0153. The third-order valence-corrected chi connectivity index (χ3v) is 5.99. The lowest BCUT2D eigenvalue weighted by Crippen LogP contribution is -2.48. The number of amides is 2.